The van der Waals surface area contributed by atoms with Crippen molar-refractivity contribution in [1.82, 2.24) is 4.90 Å². The normalized spacial score (nSPS) is 29.5. The minimum atomic E-state index is -0.00907. The Balaban J connectivity index is 1.99. The first kappa shape index (κ1) is 17.4. The van der Waals surface area contributed by atoms with Crippen LogP contribution in [0.4, 0.5) is 0 Å². The van der Waals surface area contributed by atoms with Crippen LogP contribution in [0.1, 0.15) is 42.9 Å². The molecule has 130 valence electrons. The number of guanidine groups is 1. The molecule has 1 atom stereocenters. The van der Waals surface area contributed by atoms with Gasteiger partial charge in [0, 0.05) is 24.0 Å². The highest BCUT2D eigenvalue weighted by Crippen LogP contribution is 2.56. The Hall–Kier alpha value is -1.40. The van der Waals surface area contributed by atoms with Gasteiger partial charge in [-0.25, -0.2) is 4.99 Å². The number of benzene rings is 1. The standard InChI is InChI=1S/C18H24BrN3O2/c1-22(11-23)17(20)21-16-15-9-13(19)4-3-12(15)10-18(16)7-5-14(24-2)6-8-18/h3-4,9,11,14,16H,5-8,10H2,1-2H3,(H2,20,21)/t14-,16?,18-. The van der Waals surface area contributed by atoms with Crippen LogP contribution in [0.2, 0.25) is 0 Å². The average molecular weight is 394 g/mol. The third-order valence-electron chi connectivity index (χ3n) is 5.57. The summed E-state index contributed by atoms with van der Waals surface area (Å²) in [5, 5.41) is 0. The smallest absolute Gasteiger partial charge is 0.216 e. The van der Waals surface area contributed by atoms with Gasteiger partial charge in [-0.05, 0) is 55.4 Å². The quantitative estimate of drug-likeness (QED) is 0.487. The van der Waals surface area contributed by atoms with Gasteiger partial charge in [0.2, 0.25) is 6.41 Å². The first-order valence-corrected chi connectivity index (χ1v) is 9.11. The van der Waals surface area contributed by atoms with Crippen molar-refractivity contribution in [3.63, 3.8) is 0 Å². The molecule has 0 aliphatic heterocycles. The van der Waals surface area contributed by atoms with Gasteiger partial charge < -0.3 is 10.5 Å². The molecule has 1 aromatic carbocycles. The van der Waals surface area contributed by atoms with Crippen LogP contribution in [0.3, 0.4) is 0 Å². The maximum absolute atomic E-state index is 11.0. The number of nitrogens with zero attached hydrogens (tertiary/aromatic N) is 2. The van der Waals surface area contributed by atoms with Crippen LogP contribution in [0.25, 0.3) is 0 Å². The van der Waals surface area contributed by atoms with Crippen LogP contribution in [-0.4, -0.2) is 37.5 Å². The monoisotopic (exact) mass is 393 g/mol. The lowest BCUT2D eigenvalue weighted by Crippen LogP contribution is -2.37. The molecule has 0 heterocycles. The molecule has 1 amide bonds. The van der Waals surface area contributed by atoms with Crippen molar-refractivity contribution >= 4 is 28.3 Å². The summed E-state index contributed by atoms with van der Waals surface area (Å²) < 4.78 is 6.59. The zero-order valence-electron chi connectivity index (χ0n) is 14.2. The van der Waals surface area contributed by atoms with E-state index in [4.69, 9.17) is 15.5 Å². The van der Waals surface area contributed by atoms with Gasteiger partial charge in [0.1, 0.15) is 0 Å². The second kappa shape index (κ2) is 6.84. The topological polar surface area (TPSA) is 67.9 Å². The molecule has 0 saturated heterocycles. The van der Waals surface area contributed by atoms with Gasteiger partial charge in [0.05, 0.1) is 12.1 Å². The fourth-order valence-electron chi connectivity index (χ4n) is 4.12. The molecule has 2 N–H and O–H groups in total. The van der Waals surface area contributed by atoms with E-state index in [1.807, 2.05) is 0 Å². The van der Waals surface area contributed by atoms with Crippen molar-refractivity contribution in [2.75, 3.05) is 14.2 Å². The first-order valence-electron chi connectivity index (χ1n) is 8.31. The van der Waals surface area contributed by atoms with Crippen molar-refractivity contribution in [1.29, 1.82) is 0 Å². The van der Waals surface area contributed by atoms with Crippen molar-refractivity contribution in [3.05, 3.63) is 33.8 Å². The number of aliphatic imine (C=N–C) groups is 1. The molecule has 6 heteroatoms. The Morgan fingerprint density at radius 1 is 1.46 bits per heavy atom. The van der Waals surface area contributed by atoms with Gasteiger partial charge in [0.15, 0.2) is 5.96 Å². The summed E-state index contributed by atoms with van der Waals surface area (Å²) in [6, 6.07) is 6.40. The molecule has 1 unspecified atom stereocenters. The van der Waals surface area contributed by atoms with E-state index in [2.05, 4.69) is 34.1 Å². The van der Waals surface area contributed by atoms with Crippen LogP contribution in [-0.2, 0) is 16.0 Å². The molecule has 0 radical (unpaired) electrons. The molecule has 3 rings (SSSR count). The number of fused-ring (bicyclic) bond motifs is 1. The van der Waals surface area contributed by atoms with Gasteiger partial charge in [0.25, 0.3) is 0 Å². The number of amides is 1. The molecule has 24 heavy (non-hydrogen) atoms. The van der Waals surface area contributed by atoms with Gasteiger partial charge >= 0.3 is 0 Å². The largest absolute Gasteiger partial charge is 0.381 e. The first-order chi connectivity index (χ1) is 11.5. The van der Waals surface area contributed by atoms with Crippen molar-refractivity contribution in [2.24, 2.45) is 16.1 Å². The molecule has 2 aliphatic carbocycles. The average Bonchev–Trinajstić information content (AvgIpc) is 2.88. The molecule has 5 nitrogen and oxygen atoms in total. The number of carbonyl (C=O) groups excluding carboxylic acids is 1. The van der Waals surface area contributed by atoms with E-state index in [-0.39, 0.29) is 17.4 Å². The number of hydrogen-bond acceptors (Lipinski definition) is 3. The molecule has 1 fully saturated rings. The molecular formula is C18H24BrN3O2. The molecule has 2 aliphatic rings. The summed E-state index contributed by atoms with van der Waals surface area (Å²) in [4.78, 5) is 17.1. The van der Waals surface area contributed by atoms with E-state index in [0.717, 1.165) is 36.6 Å². The van der Waals surface area contributed by atoms with Crippen LogP contribution < -0.4 is 5.73 Å². The third-order valence-corrected chi connectivity index (χ3v) is 6.06. The predicted octanol–water partition coefficient (Wildman–Crippen LogP) is 3.02. The highest BCUT2D eigenvalue weighted by molar-refractivity contribution is 9.10. The van der Waals surface area contributed by atoms with Crippen molar-refractivity contribution in [2.45, 2.75) is 44.2 Å². The van der Waals surface area contributed by atoms with E-state index in [9.17, 15) is 4.79 Å². The second-order valence-electron chi connectivity index (χ2n) is 6.92. The summed E-state index contributed by atoms with van der Waals surface area (Å²) in [7, 11) is 3.42. The summed E-state index contributed by atoms with van der Waals surface area (Å²) in [6.45, 7) is 0. The maximum atomic E-state index is 11.0. The lowest BCUT2D eigenvalue weighted by Gasteiger charge is -2.40. The van der Waals surface area contributed by atoms with Crippen molar-refractivity contribution < 1.29 is 9.53 Å². The van der Waals surface area contributed by atoms with Crippen molar-refractivity contribution in [3.8, 4) is 0 Å². The SMILES string of the molecule is CO[C@H]1CC[C@]2(CC1)Cc1ccc(Br)cc1C2/N=C(/N)N(C)C=O. The molecule has 1 spiro atoms. The third kappa shape index (κ3) is 3.09. The number of halogens is 1. The highest BCUT2D eigenvalue weighted by atomic mass is 79.9. The van der Waals surface area contributed by atoms with E-state index < -0.39 is 0 Å². The molecular weight excluding hydrogens is 370 g/mol. The number of methoxy groups -OCH3 is 1. The van der Waals surface area contributed by atoms with Crippen LogP contribution in [0.5, 0.6) is 0 Å². The number of ether oxygens (including phenoxy) is 1. The van der Waals surface area contributed by atoms with E-state index in [1.165, 1.54) is 16.0 Å². The van der Waals surface area contributed by atoms with Gasteiger partial charge in [-0.2, -0.15) is 0 Å². The number of carbonyl (C=O) groups is 1. The van der Waals surface area contributed by atoms with Crippen LogP contribution in [0.15, 0.2) is 27.7 Å². The fraction of sp³-hybridized carbons (Fsp3) is 0.556. The summed E-state index contributed by atoms with van der Waals surface area (Å²) in [5.41, 5.74) is 8.69. The highest BCUT2D eigenvalue weighted by Gasteiger charge is 2.48. The zero-order chi connectivity index (χ0) is 17.3. The maximum Gasteiger partial charge on any atom is 0.216 e. The Kier molecular flexibility index (Phi) is 4.97. The second-order valence-corrected chi connectivity index (χ2v) is 7.84. The summed E-state index contributed by atoms with van der Waals surface area (Å²) in [6.07, 6.45) is 6.25. The lowest BCUT2D eigenvalue weighted by molar-refractivity contribution is -0.114. The van der Waals surface area contributed by atoms with E-state index in [1.54, 1.807) is 14.2 Å². The minimum Gasteiger partial charge on any atom is -0.381 e. The number of nitrogens with two attached hydrogens (primary N) is 1. The van der Waals surface area contributed by atoms with Gasteiger partial charge in [-0.15, -0.1) is 0 Å². The molecule has 1 saturated carbocycles. The zero-order valence-corrected chi connectivity index (χ0v) is 15.8. The minimum absolute atomic E-state index is 0.00907. The Morgan fingerprint density at radius 3 is 2.79 bits per heavy atom. The molecule has 1 aromatic rings. The fourth-order valence-corrected chi connectivity index (χ4v) is 4.50. The van der Waals surface area contributed by atoms with Crippen LogP contribution in [0, 0.1) is 5.41 Å². The molecule has 0 aromatic heterocycles. The van der Waals surface area contributed by atoms with E-state index in [0.29, 0.717) is 12.5 Å². The van der Waals surface area contributed by atoms with Gasteiger partial charge in [-0.1, -0.05) is 22.0 Å². The Bertz CT molecular complexity index is 654. The van der Waals surface area contributed by atoms with Gasteiger partial charge in [-0.3, -0.25) is 9.69 Å². The predicted molar refractivity (Wildman–Crippen MR) is 97.7 cm³/mol. The van der Waals surface area contributed by atoms with E-state index >= 15 is 0 Å². The number of rotatable bonds is 3. The Labute approximate surface area is 151 Å². The molecule has 0 bridgehead atoms. The lowest BCUT2D eigenvalue weighted by atomic mass is 9.69. The summed E-state index contributed by atoms with van der Waals surface area (Å²) in [5.74, 6) is 0.274. The number of hydrogen-bond donors (Lipinski definition) is 1. The van der Waals surface area contributed by atoms with Crippen LogP contribution >= 0.6 is 15.9 Å². The summed E-state index contributed by atoms with van der Waals surface area (Å²) >= 11 is 3.57. The Morgan fingerprint density at radius 2 is 2.17 bits per heavy atom.